The zero-order chi connectivity index (χ0) is 27.2. The summed E-state index contributed by atoms with van der Waals surface area (Å²) in [4.78, 5) is 17.3. The lowest BCUT2D eigenvalue weighted by molar-refractivity contribution is -0.0683. The van der Waals surface area contributed by atoms with Gasteiger partial charge in [0, 0.05) is 43.0 Å². The molecule has 2 aliphatic rings. The first-order chi connectivity index (χ1) is 18.3. The summed E-state index contributed by atoms with van der Waals surface area (Å²) in [5.41, 5.74) is 21.6. The maximum atomic E-state index is 13.2. The molecule has 4 rings (SSSR count). The summed E-state index contributed by atoms with van der Waals surface area (Å²) in [6.07, 6.45) is 5.93. The minimum atomic E-state index is -0.236. The van der Waals surface area contributed by atoms with Crippen LogP contribution in [0.3, 0.4) is 0 Å². The van der Waals surface area contributed by atoms with Gasteiger partial charge in [0.25, 0.3) is 5.91 Å². The van der Waals surface area contributed by atoms with Crippen LogP contribution in [0.25, 0.3) is 5.70 Å². The highest BCUT2D eigenvalue weighted by Gasteiger charge is 2.29. The molecule has 0 bridgehead atoms. The quantitative estimate of drug-likeness (QED) is 0.426. The van der Waals surface area contributed by atoms with Crippen molar-refractivity contribution >= 4 is 11.6 Å². The molecule has 3 unspecified atom stereocenters. The Bertz CT molecular complexity index is 1170. The second-order valence-corrected chi connectivity index (χ2v) is 10.4. The smallest absolute Gasteiger partial charge is 0.253 e. The third-order valence-corrected chi connectivity index (χ3v) is 7.57. The van der Waals surface area contributed by atoms with E-state index in [1.54, 1.807) is 30.3 Å². The minimum absolute atomic E-state index is 0.0874. The number of nitrogens with zero attached hydrogens (tertiary/aromatic N) is 2. The normalized spacial score (nSPS) is 22.6. The highest BCUT2D eigenvalue weighted by molar-refractivity contribution is 5.94. The molecule has 8 nitrogen and oxygen atoms in total. The van der Waals surface area contributed by atoms with Crippen molar-refractivity contribution in [3.8, 4) is 5.75 Å². The number of aromatic hydroxyl groups is 1. The van der Waals surface area contributed by atoms with Crippen LogP contribution < -0.4 is 17.2 Å². The Morgan fingerprint density at radius 2 is 1.76 bits per heavy atom. The number of amides is 1. The van der Waals surface area contributed by atoms with Gasteiger partial charge >= 0.3 is 0 Å². The summed E-state index contributed by atoms with van der Waals surface area (Å²) in [5.74, 6) is 0.904. The number of hydrogen-bond donors (Lipinski definition) is 4. The summed E-state index contributed by atoms with van der Waals surface area (Å²) < 4.78 is 6.27. The van der Waals surface area contributed by atoms with Gasteiger partial charge < -0.3 is 36.8 Å². The standard InChI is InChI=1S/C30H41N5O3/c1-3-21-8-6-7-15-34(18-21)30(37)23-13-11-22(12-14-23)28-19-35(17-20(2)38-28)26(29(32)33)16-25(31)24-9-4-5-10-27(24)36/h4-5,9-14,16,20-21,28,36H,3,6-8,15,17-19,31-33H2,1-2H3/b25-16-. The van der Waals surface area contributed by atoms with Crippen LogP contribution in [0.4, 0.5) is 0 Å². The fraction of sp³-hybridized carbons (Fsp3) is 0.433. The summed E-state index contributed by atoms with van der Waals surface area (Å²) in [5, 5.41) is 10.2. The Morgan fingerprint density at radius 1 is 1.03 bits per heavy atom. The number of hydrogen-bond acceptors (Lipinski definition) is 7. The molecule has 7 N–H and O–H groups in total. The third-order valence-electron chi connectivity index (χ3n) is 7.57. The Morgan fingerprint density at radius 3 is 2.45 bits per heavy atom. The minimum Gasteiger partial charge on any atom is -0.507 e. The second kappa shape index (κ2) is 12.3. The van der Waals surface area contributed by atoms with Crippen molar-refractivity contribution in [2.75, 3.05) is 26.2 Å². The fourth-order valence-electron chi connectivity index (χ4n) is 5.40. The maximum absolute atomic E-state index is 13.2. The number of phenolic OH excluding ortho intramolecular Hbond substituents is 1. The molecule has 2 aromatic rings. The number of carbonyl (C=O) groups is 1. The molecule has 0 saturated carbocycles. The van der Waals surface area contributed by atoms with Gasteiger partial charge in [-0.05, 0) is 61.6 Å². The molecule has 2 aromatic carbocycles. The molecular weight excluding hydrogens is 478 g/mol. The van der Waals surface area contributed by atoms with Gasteiger partial charge in [-0.1, -0.05) is 44.0 Å². The van der Waals surface area contributed by atoms with Crippen molar-refractivity contribution in [2.24, 2.45) is 23.1 Å². The Balaban J connectivity index is 1.50. The first-order valence-electron chi connectivity index (χ1n) is 13.6. The van der Waals surface area contributed by atoms with Crippen LogP contribution in [0.15, 0.2) is 66.1 Å². The van der Waals surface area contributed by atoms with Gasteiger partial charge in [-0.25, -0.2) is 0 Å². The van der Waals surface area contributed by atoms with E-state index in [0.29, 0.717) is 41.5 Å². The summed E-state index contributed by atoms with van der Waals surface area (Å²) in [6, 6.07) is 14.6. The predicted molar refractivity (Wildman–Crippen MR) is 151 cm³/mol. The van der Waals surface area contributed by atoms with Gasteiger partial charge in [-0.3, -0.25) is 4.79 Å². The lowest BCUT2D eigenvalue weighted by Crippen LogP contribution is -2.43. The highest BCUT2D eigenvalue weighted by atomic mass is 16.5. The van der Waals surface area contributed by atoms with E-state index < -0.39 is 0 Å². The van der Waals surface area contributed by atoms with Crippen LogP contribution in [-0.4, -0.2) is 53.1 Å². The molecule has 0 aromatic heterocycles. The third kappa shape index (κ3) is 6.42. The summed E-state index contributed by atoms with van der Waals surface area (Å²) >= 11 is 0. The molecule has 0 spiro atoms. The van der Waals surface area contributed by atoms with E-state index in [0.717, 1.165) is 31.5 Å². The molecule has 2 aliphatic heterocycles. The van der Waals surface area contributed by atoms with Crippen molar-refractivity contribution in [1.82, 2.24) is 9.80 Å². The van der Waals surface area contributed by atoms with E-state index in [4.69, 9.17) is 21.9 Å². The topological polar surface area (TPSA) is 131 Å². The molecule has 204 valence electrons. The van der Waals surface area contributed by atoms with Gasteiger partial charge in [-0.15, -0.1) is 0 Å². The van der Waals surface area contributed by atoms with Crippen LogP contribution >= 0.6 is 0 Å². The molecule has 2 saturated heterocycles. The monoisotopic (exact) mass is 519 g/mol. The second-order valence-electron chi connectivity index (χ2n) is 10.4. The van der Waals surface area contributed by atoms with Crippen LogP contribution in [-0.2, 0) is 4.74 Å². The number of phenols is 1. The van der Waals surface area contributed by atoms with Crippen LogP contribution in [0.2, 0.25) is 0 Å². The highest BCUT2D eigenvalue weighted by Crippen LogP contribution is 2.30. The average Bonchev–Trinajstić information content (AvgIpc) is 3.17. The van der Waals surface area contributed by atoms with Crippen molar-refractivity contribution in [1.29, 1.82) is 0 Å². The SMILES string of the molecule is CCC1CCCCN(C(=O)c2ccc(C3CN(C(/C=C(\N)c4ccccc4O)=C(N)N)CC(C)O3)cc2)C1. The van der Waals surface area contributed by atoms with Crippen molar-refractivity contribution in [2.45, 2.75) is 51.7 Å². The number of rotatable bonds is 6. The molecule has 8 heteroatoms. The number of morpholine rings is 1. The molecule has 0 aliphatic carbocycles. The van der Waals surface area contributed by atoms with E-state index in [9.17, 15) is 9.90 Å². The zero-order valence-corrected chi connectivity index (χ0v) is 22.5. The van der Waals surface area contributed by atoms with Crippen molar-refractivity contribution in [3.63, 3.8) is 0 Å². The maximum Gasteiger partial charge on any atom is 0.253 e. The predicted octanol–water partition coefficient (Wildman–Crippen LogP) is 3.89. The molecule has 1 amide bonds. The van der Waals surface area contributed by atoms with E-state index in [1.807, 2.05) is 36.1 Å². The average molecular weight is 520 g/mol. The summed E-state index contributed by atoms with van der Waals surface area (Å²) in [6.45, 7) is 6.96. The zero-order valence-electron chi connectivity index (χ0n) is 22.5. The number of benzene rings is 2. The number of likely N-dealkylation sites (tertiary alicyclic amines) is 1. The van der Waals surface area contributed by atoms with Crippen LogP contribution in [0.1, 0.15) is 67.1 Å². The first kappa shape index (κ1) is 27.4. The largest absolute Gasteiger partial charge is 0.507 e. The van der Waals surface area contributed by atoms with Gasteiger partial charge in [0.1, 0.15) is 17.7 Å². The lowest BCUT2D eigenvalue weighted by Gasteiger charge is -2.39. The number of allylic oxidation sites excluding steroid dienone is 1. The lowest BCUT2D eigenvalue weighted by atomic mass is 10.0. The number of para-hydroxylation sites is 1. The molecular formula is C30H41N5O3. The molecule has 2 heterocycles. The van der Waals surface area contributed by atoms with E-state index in [2.05, 4.69) is 11.8 Å². The first-order valence-corrected chi connectivity index (χ1v) is 13.6. The molecule has 2 fully saturated rings. The Hall–Kier alpha value is -3.65. The molecule has 0 radical (unpaired) electrons. The number of carbonyl (C=O) groups excluding carboxylic acids is 1. The Kier molecular flexibility index (Phi) is 8.84. The van der Waals surface area contributed by atoms with E-state index >= 15 is 0 Å². The fourth-order valence-corrected chi connectivity index (χ4v) is 5.40. The van der Waals surface area contributed by atoms with Crippen molar-refractivity contribution < 1.29 is 14.6 Å². The molecule has 38 heavy (non-hydrogen) atoms. The van der Waals surface area contributed by atoms with E-state index in [-0.39, 0.29) is 29.7 Å². The summed E-state index contributed by atoms with van der Waals surface area (Å²) in [7, 11) is 0. The van der Waals surface area contributed by atoms with Gasteiger partial charge in [0.2, 0.25) is 0 Å². The van der Waals surface area contributed by atoms with Gasteiger partial charge in [0.15, 0.2) is 0 Å². The van der Waals surface area contributed by atoms with Gasteiger partial charge in [-0.2, -0.15) is 0 Å². The molecule has 3 atom stereocenters. The number of nitrogens with two attached hydrogens (primary N) is 3. The van der Waals surface area contributed by atoms with Gasteiger partial charge in [0.05, 0.1) is 11.8 Å². The Labute approximate surface area is 225 Å². The van der Waals surface area contributed by atoms with E-state index in [1.165, 1.54) is 12.8 Å². The number of ether oxygens (including phenoxy) is 1. The van der Waals surface area contributed by atoms with Crippen molar-refractivity contribution in [3.05, 3.63) is 82.8 Å². The van der Waals surface area contributed by atoms with Crippen LogP contribution in [0.5, 0.6) is 5.75 Å². The van der Waals surface area contributed by atoms with Crippen LogP contribution in [0, 0.1) is 5.92 Å².